The average molecular weight is 348 g/mol. The topological polar surface area (TPSA) is 78.8 Å². The van der Waals surface area contributed by atoms with Crippen LogP contribution in [0.25, 0.3) is 0 Å². The van der Waals surface area contributed by atoms with E-state index in [0.29, 0.717) is 5.70 Å². The molecule has 0 bridgehead atoms. The zero-order valence-corrected chi connectivity index (χ0v) is 14.3. The van der Waals surface area contributed by atoms with E-state index in [0.717, 1.165) is 11.1 Å². The van der Waals surface area contributed by atoms with Gasteiger partial charge in [-0.1, -0.05) is 60.7 Å². The van der Waals surface area contributed by atoms with E-state index < -0.39 is 5.60 Å². The fraction of sp³-hybridized carbons (Fsp3) is 0.190. The minimum absolute atomic E-state index is 0.0872. The molecule has 0 radical (unpaired) electrons. The molecule has 5 heteroatoms. The molecule has 132 valence electrons. The van der Waals surface area contributed by atoms with Crippen LogP contribution in [0.3, 0.4) is 0 Å². The van der Waals surface area contributed by atoms with Crippen LogP contribution in [0.1, 0.15) is 30.4 Å². The Labute approximate surface area is 152 Å². The summed E-state index contributed by atoms with van der Waals surface area (Å²) < 4.78 is 0. The summed E-state index contributed by atoms with van der Waals surface area (Å²) in [4.78, 5) is 27.2. The molecule has 0 unspecified atom stereocenters. The zero-order valence-electron chi connectivity index (χ0n) is 14.3. The van der Waals surface area contributed by atoms with Crippen molar-refractivity contribution in [2.24, 2.45) is 4.99 Å². The molecule has 3 rings (SSSR count). The Balaban J connectivity index is 1.75. The summed E-state index contributed by atoms with van der Waals surface area (Å²) >= 11 is 0. The van der Waals surface area contributed by atoms with Gasteiger partial charge in [-0.25, -0.2) is 4.99 Å². The number of benzene rings is 2. The second-order valence-electron chi connectivity index (χ2n) is 6.18. The zero-order chi connectivity index (χ0) is 18.4. The number of rotatable bonds is 6. The summed E-state index contributed by atoms with van der Waals surface area (Å²) in [5, 5.41) is 14.1. The summed E-state index contributed by atoms with van der Waals surface area (Å²) in [6.45, 7) is 0. The molecule has 2 N–H and O–H groups in total. The van der Waals surface area contributed by atoms with Gasteiger partial charge >= 0.3 is 0 Å². The molecule has 26 heavy (non-hydrogen) atoms. The number of aliphatic imine (C=N–C) groups is 1. The molecule has 1 heterocycles. The van der Waals surface area contributed by atoms with Gasteiger partial charge in [0.1, 0.15) is 5.60 Å². The van der Waals surface area contributed by atoms with E-state index >= 15 is 0 Å². The molecule has 0 fully saturated rings. The lowest BCUT2D eigenvalue weighted by atomic mass is 9.82. The van der Waals surface area contributed by atoms with Crippen molar-refractivity contribution < 1.29 is 14.7 Å². The van der Waals surface area contributed by atoms with Crippen LogP contribution in [0.15, 0.2) is 77.4 Å². The van der Waals surface area contributed by atoms with Gasteiger partial charge in [-0.3, -0.25) is 9.59 Å². The minimum atomic E-state index is -1.27. The number of aliphatic hydroxyl groups is 1. The lowest BCUT2D eigenvalue weighted by molar-refractivity contribution is -0.121. The van der Waals surface area contributed by atoms with Gasteiger partial charge in [0.05, 0.1) is 6.42 Å². The lowest BCUT2D eigenvalue weighted by Crippen LogP contribution is -2.31. The Kier molecular flexibility index (Phi) is 5.39. The standard InChI is InChI=1S/C21H20N2O3/c24-19(23-18-12-14-22-20(25)15-18)11-13-21(26,16-7-3-1-4-8-16)17-9-5-2-6-10-17/h1-10,12,14,26H,11,13,15H2,(H,23,24). The number of nitrogens with zero attached hydrogens (tertiary/aromatic N) is 1. The number of nitrogens with one attached hydrogen (secondary N) is 1. The molecule has 0 spiro atoms. The van der Waals surface area contributed by atoms with Crippen LogP contribution in [-0.4, -0.2) is 23.1 Å². The summed E-state index contributed by atoms with van der Waals surface area (Å²) in [6.07, 6.45) is 3.42. The largest absolute Gasteiger partial charge is 0.380 e. The third-order valence-corrected chi connectivity index (χ3v) is 4.35. The van der Waals surface area contributed by atoms with Crippen LogP contribution in [-0.2, 0) is 15.2 Å². The number of dihydropyridines is 1. The van der Waals surface area contributed by atoms with E-state index in [1.165, 1.54) is 6.21 Å². The fourth-order valence-corrected chi connectivity index (χ4v) is 2.98. The predicted octanol–water partition coefficient (Wildman–Crippen LogP) is 2.70. The van der Waals surface area contributed by atoms with E-state index in [4.69, 9.17) is 0 Å². The van der Waals surface area contributed by atoms with Crippen molar-refractivity contribution in [1.82, 2.24) is 5.32 Å². The molecule has 1 aliphatic heterocycles. The molecule has 1 aliphatic rings. The van der Waals surface area contributed by atoms with E-state index in [-0.39, 0.29) is 31.1 Å². The quantitative estimate of drug-likeness (QED) is 0.842. The van der Waals surface area contributed by atoms with E-state index in [1.54, 1.807) is 6.08 Å². The Morgan fingerprint density at radius 3 is 2.15 bits per heavy atom. The number of hydrogen-bond acceptors (Lipinski definition) is 3. The molecule has 2 aromatic rings. The van der Waals surface area contributed by atoms with Gasteiger partial charge in [-0.2, -0.15) is 0 Å². The Hall–Kier alpha value is -3.05. The van der Waals surface area contributed by atoms with Crippen LogP contribution in [0.4, 0.5) is 0 Å². The van der Waals surface area contributed by atoms with Crippen LogP contribution in [0.2, 0.25) is 0 Å². The highest BCUT2D eigenvalue weighted by Crippen LogP contribution is 2.34. The number of amides is 2. The molecule has 0 aliphatic carbocycles. The predicted molar refractivity (Wildman–Crippen MR) is 99.5 cm³/mol. The third kappa shape index (κ3) is 4.13. The minimum Gasteiger partial charge on any atom is -0.380 e. The first-order valence-corrected chi connectivity index (χ1v) is 8.47. The molecule has 0 aromatic heterocycles. The first-order chi connectivity index (χ1) is 12.6. The number of carbonyl (C=O) groups is 2. The SMILES string of the molecule is O=C1CC(NC(=O)CCC(O)(c2ccccc2)c2ccccc2)=CC=N1. The third-order valence-electron chi connectivity index (χ3n) is 4.35. The highest BCUT2D eigenvalue weighted by Gasteiger charge is 2.31. The van der Waals surface area contributed by atoms with Gasteiger partial charge in [0.2, 0.25) is 5.91 Å². The second-order valence-corrected chi connectivity index (χ2v) is 6.18. The van der Waals surface area contributed by atoms with Gasteiger partial charge in [-0.05, 0) is 23.6 Å². The van der Waals surface area contributed by atoms with Crippen molar-refractivity contribution in [2.45, 2.75) is 24.9 Å². The maximum absolute atomic E-state index is 12.3. The summed E-state index contributed by atoms with van der Waals surface area (Å²) in [7, 11) is 0. The summed E-state index contributed by atoms with van der Waals surface area (Å²) in [5.41, 5.74) is 0.729. The van der Waals surface area contributed by atoms with Crippen molar-refractivity contribution >= 4 is 18.0 Å². The summed E-state index contributed by atoms with van der Waals surface area (Å²) in [5.74, 6) is -0.530. The maximum atomic E-state index is 12.3. The van der Waals surface area contributed by atoms with Crippen LogP contribution in [0.5, 0.6) is 0 Å². The van der Waals surface area contributed by atoms with Gasteiger partial charge in [0, 0.05) is 18.3 Å². The molecular weight excluding hydrogens is 328 g/mol. The fourth-order valence-electron chi connectivity index (χ4n) is 2.98. The number of hydrogen-bond donors (Lipinski definition) is 2. The molecular formula is C21H20N2O3. The van der Waals surface area contributed by atoms with Crippen molar-refractivity contribution in [3.05, 3.63) is 83.6 Å². The highest BCUT2D eigenvalue weighted by molar-refractivity contribution is 5.95. The van der Waals surface area contributed by atoms with Crippen molar-refractivity contribution in [1.29, 1.82) is 0 Å². The van der Waals surface area contributed by atoms with Crippen molar-refractivity contribution in [2.75, 3.05) is 0 Å². The highest BCUT2D eigenvalue weighted by atomic mass is 16.3. The first kappa shape index (κ1) is 17.8. The van der Waals surface area contributed by atoms with E-state index in [2.05, 4.69) is 10.3 Å². The number of carbonyl (C=O) groups excluding carboxylic acids is 2. The van der Waals surface area contributed by atoms with E-state index in [1.807, 2.05) is 60.7 Å². The molecule has 0 saturated heterocycles. The van der Waals surface area contributed by atoms with Gasteiger partial charge in [0.15, 0.2) is 0 Å². The summed E-state index contributed by atoms with van der Waals surface area (Å²) in [6, 6.07) is 18.6. The normalized spacial score (nSPS) is 14.0. The van der Waals surface area contributed by atoms with Crippen LogP contribution >= 0.6 is 0 Å². The molecule has 2 aromatic carbocycles. The smallest absolute Gasteiger partial charge is 0.251 e. The molecule has 0 atom stereocenters. The molecule has 2 amide bonds. The van der Waals surface area contributed by atoms with Gasteiger partial charge in [-0.15, -0.1) is 0 Å². The van der Waals surface area contributed by atoms with Crippen molar-refractivity contribution in [3.8, 4) is 0 Å². The van der Waals surface area contributed by atoms with Gasteiger partial charge < -0.3 is 10.4 Å². The average Bonchev–Trinajstić information content (AvgIpc) is 2.67. The van der Waals surface area contributed by atoms with Gasteiger partial charge in [0.25, 0.3) is 5.91 Å². The van der Waals surface area contributed by atoms with E-state index in [9.17, 15) is 14.7 Å². The Bertz CT molecular complexity index is 803. The second kappa shape index (κ2) is 7.89. The monoisotopic (exact) mass is 348 g/mol. The first-order valence-electron chi connectivity index (χ1n) is 8.47. The maximum Gasteiger partial charge on any atom is 0.251 e. The van der Waals surface area contributed by atoms with Crippen LogP contribution in [0, 0.1) is 0 Å². The number of allylic oxidation sites excluding steroid dienone is 1. The Morgan fingerprint density at radius 2 is 1.62 bits per heavy atom. The lowest BCUT2D eigenvalue weighted by Gasteiger charge is -2.29. The van der Waals surface area contributed by atoms with Crippen LogP contribution < -0.4 is 5.32 Å². The molecule has 0 saturated carbocycles. The van der Waals surface area contributed by atoms with Crippen molar-refractivity contribution in [3.63, 3.8) is 0 Å². The Morgan fingerprint density at radius 1 is 1.04 bits per heavy atom. The molecule has 5 nitrogen and oxygen atoms in total.